The van der Waals surface area contributed by atoms with Crippen LogP contribution in [-0.2, 0) is 0 Å². The molecule has 0 bridgehead atoms. The van der Waals surface area contributed by atoms with Crippen LogP contribution in [0.3, 0.4) is 0 Å². The summed E-state index contributed by atoms with van der Waals surface area (Å²) in [6.07, 6.45) is 1.92. The van der Waals surface area contributed by atoms with Crippen LogP contribution in [0.1, 0.15) is 46.1 Å². The van der Waals surface area contributed by atoms with Gasteiger partial charge in [0.25, 0.3) is 0 Å². The molecule has 22 heavy (non-hydrogen) atoms. The van der Waals surface area contributed by atoms with Crippen LogP contribution in [0, 0.1) is 11.3 Å². The normalized spacial score (nSPS) is 20.5. The Labute approximate surface area is 146 Å². The lowest BCUT2D eigenvalue weighted by atomic mass is 9.79. The molecule has 0 spiro atoms. The van der Waals surface area contributed by atoms with Crippen LogP contribution in [0.4, 0.5) is 5.82 Å². The van der Waals surface area contributed by atoms with Crippen LogP contribution >= 0.6 is 34.8 Å². The van der Waals surface area contributed by atoms with Crippen LogP contribution in [0.5, 0.6) is 0 Å². The largest absolute Gasteiger partial charge is 0.366 e. The van der Waals surface area contributed by atoms with E-state index in [1.165, 1.54) is 0 Å². The van der Waals surface area contributed by atoms with Gasteiger partial charge in [0, 0.05) is 18.9 Å². The van der Waals surface area contributed by atoms with E-state index in [9.17, 15) is 0 Å². The molecule has 1 saturated heterocycles. The summed E-state index contributed by atoms with van der Waals surface area (Å²) in [4.78, 5) is 4.20. The summed E-state index contributed by atoms with van der Waals surface area (Å²) in [5, 5.41) is 15.2. The number of hydrogen-bond donors (Lipinski definition) is 2. The van der Waals surface area contributed by atoms with Gasteiger partial charge in [-0.3, -0.25) is 0 Å². The number of hydrogen-bond acceptors (Lipinski definition) is 3. The molecule has 2 rings (SSSR count). The molecule has 120 valence electrons. The Kier molecular flexibility index (Phi) is 4.85. The van der Waals surface area contributed by atoms with Crippen molar-refractivity contribution in [1.82, 2.24) is 4.98 Å². The summed E-state index contributed by atoms with van der Waals surface area (Å²) in [6.45, 7) is 8.87. The maximum atomic E-state index is 9.03. The molecule has 7 heteroatoms. The van der Waals surface area contributed by atoms with Crippen molar-refractivity contribution in [2.24, 2.45) is 0 Å². The van der Waals surface area contributed by atoms with E-state index in [2.05, 4.69) is 43.3 Å². The SMILES string of the molecule is CC1(C)CC(Nc2nc(Cl)c(C#N)c(Cl)c2Cl)CC(C)(C)[NH2+]1. The quantitative estimate of drug-likeness (QED) is 0.790. The van der Waals surface area contributed by atoms with Gasteiger partial charge in [-0.15, -0.1) is 0 Å². The molecule has 1 aliphatic rings. The summed E-state index contributed by atoms with van der Waals surface area (Å²) in [7, 11) is 0. The molecule has 1 fully saturated rings. The number of nitriles is 1. The zero-order valence-corrected chi connectivity index (χ0v) is 15.4. The topological polar surface area (TPSA) is 65.3 Å². The standard InChI is InChI=1S/C15H19Cl3N4/c1-14(2)5-8(6-15(3,4)22-14)20-13-11(17)10(16)9(7-19)12(18)21-13/h8,22H,5-6H2,1-4H3,(H,20,21)/p+1. The second-order valence-corrected chi connectivity index (χ2v) is 8.35. The molecule has 0 atom stereocenters. The van der Waals surface area contributed by atoms with Crippen LogP contribution in [0.25, 0.3) is 0 Å². The summed E-state index contributed by atoms with van der Waals surface area (Å²) < 4.78 is 0. The van der Waals surface area contributed by atoms with Crippen LogP contribution in [0.15, 0.2) is 0 Å². The van der Waals surface area contributed by atoms with E-state index in [0.29, 0.717) is 5.82 Å². The monoisotopic (exact) mass is 361 g/mol. The number of rotatable bonds is 2. The fourth-order valence-corrected chi connectivity index (χ4v) is 4.19. The number of nitrogens with zero attached hydrogens (tertiary/aromatic N) is 2. The van der Waals surface area contributed by atoms with Gasteiger partial charge in [0.15, 0.2) is 5.15 Å². The van der Waals surface area contributed by atoms with Crippen molar-refractivity contribution in [2.45, 2.75) is 57.7 Å². The van der Waals surface area contributed by atoms with Gasteiger partial charge in [-0.1, -0.05) is 34.8 Å². The minimum absolute atomic E-state index is 0.0697. The van der Waals surface area contributed by atoms with E-state index in [1.807, 2.05) is 6.07 Å². The number of anilines is 1. The van der Waals surface area contributed by atoms with Crippen molar-refractivity contribution in [3.05, 3.63) is 20.8 Å². The predicted molar refractivity (Wildman–Crippen MR) is 90.7 cm³/mol. The fraction of sp³-hybridized carbons (Fsp3) is 0.600. The highest BCUT2D eigenvalue weighted by molar-refractivity contribution is 6.45. The van der Waals surface area contributed by atoms with Crippen molar-refractivity contribution in [1.29, 1.82) is 5.26 Å². The molecule has 0 saturated carbocycles. The molecule has 1 aromatic rings. The van der Waals surface area contributed by atoms with E-state index >= 15 is 0 Å². The van der Waals surface area contributed by atoms with Gasteiger partial charge in [-0.25, -0.2) is 4.98 Å². The van der Waals surface area contributed by atoms with Gasteiger partial charge in [-0.2, -0.15) is 5.26 Å². The van der Waals surface area contributed by atoms with E-state index in [4.69, 9.17) is 40.1 Å². The Morgan fingerprint density at radius 2 is 1.68 bits per heavy atom. The van der Waals surface area contributed by atoms with Crippen molar-refractivity contribution >= 4 is 40.6 Å². The fourth-order valence-electron chi connectivity index (χ4n) is 3.51. The molecular formula is C15H20Cl3N4+. The maximum Gasteiger partial charge on any atom is 0.150 e. The van der Waals surface area contributed by atoms with Crippen molar-refractivity contribution in [3.8, 4) is 6.07 Å². The van der Waals surface area contributed by atoms with Crippen LogP contribution in [0.2, 0.25) is 15.2 Å². The van der Waals surface area contributed by atoms with Crippen molar-refractivity contribution in [2.75, 3.05) is 5.32 Å². The van der Waals surface area contributed by atoms with Crippen molar-refractivity contribution in [3.63, 3.8) is 0 Å². The van der Waals surface area contributed by atoms with Crippen LogP contribution in [-0.4, -0.2) is 22.1 Å². The van der Waals surface area contributed by atoms with Crippen LogP contribution < -0.4 is 10.6 Å². The highest BCUT2D eigenvalue weighted by Gasteiger charge is 2.42. The predicted octanol–water partition coefficient (Wildman–Crippen LogP) is 3.61. The highest BCUT2D eigenvalue weighted by atomic mass is 35.5. The van der Waals surface area contributed by atoms with E-state index in [0.717, 1.165) is 12.8 Å². The first kappa shape index (κ1) is 17.6. The molecule has 0 aromatic carbocycles. The lowest BCUT2D eigenvalue weighted by molar-refractivity contribution is -0.787. The number of nitrogens with one attached hydrogen (secondary N) is 1. The second-order valence-electron chi connectivity index (χ2n) is 7.24. The zero-order chi connectivity index (χ0) is 16.7. The van der Waals surface area contributed by atoms with E-state index in [1.54, 1.807) is 0 Å². The third-order valence-electron chi connectivity index (χ3n) is 3.82. The third kappa shape index (κ3) is 3.78. The first-order valence-electron chi connectivity index (χ1n) is 7.13. The number of aromatic nitrogens is 1. The zero-order valence-electron chi connectivity index (χ0n) is 13.1. The summed E-state index contributed by atoms with van der Waals surface area (Å²) in [5.41, 5.74) is 0.342. The minimum atomic E-state index is 0.0697. The lowest BCUT2D eigenvalue weighted by Crippen LogP contribution is -3.06. The number of nitrogens with two attached hydrogens (primary N) is 1. The molecule has 1 aromatic heterocycles. The molecule has 2 heterocycles. The first-order chi connectivity index (χ1) is 10.0. The third-order valence-corrected chi connectivity index (χ3v) is 4.93. The number of piperidine rings is 1. The lowest BCUT2D eigenvalue weighted by Gasteiger charge is -2.43. The van der Waals surface area contributed by atoms with E-state index < -0.39 is 0 Å². The Morgan fingerprint density at radius 1 is 1.14 bits per heavy atom. The van der Waals surface area contributed by atoms with Gasteiger partial charge >= 0.3 is 0 Å². The molecule has 0 unspecified atom stereocenters. The van der Waals surface area contributed by atoms with Gasteiger partial charge in [0.1, 0.15) is 22.5 Å². The molecule has 0 aliphatic carbocycles. The number of quaternary nitrogens is 1. The summed E-state index contributed by atoms with van der Waals surface area (Å²) in [6, 6.07) is 2.13. The van der Waals surface area contributed by atoms with Gasteiger partial charge in [-0.05, 0) is 27.7 Å². The summed E-state index contributed by atoms with van der Waals surface area (Å²) in [5.74, 6) is 0.439. The Morgan fingerprint density at radius 3 is 2.18 bits per heavy atom. The Hall–Kier alpha value is -0.730. The molecule has 3 N–H and O–H groups in total. The molecule has 4 nitrogen and oxygen atoms in total. The molecule has 1 aliphatic heterocycles. The highest BCUT2D eigenvalue weighted by Crippen LogP contribution is 2.36. The smallest absolute Gasteiger partial charge is 0.150 e. The van der Waals surface area contributed by atoms with Crippen molar-refractivity contribution < 1.29 is 5.32 Å². The average molecular weight is 363 g/mol. The average Bonchev–Trinajstić information content (AvgIpc) is 2.32. The van der Waals surface area contributed by atoms with Gasteiger partial charge in [0.2, 0.25) is 0 Å². The maximum absolute atomic E-state index is 9.03. The molecular weight excluding hydrogens is 343 g/mol. The Balaban J connectivity index is 2.30. The van der Waals surface area contributed by atoms with Gasteiger partial charge in [0.05, 0.1) is 16.1 Å². The molecule has 0 radical (unpaired) electrons. The minimum Gasteiger partial charge on any atom is -0.366 e. The van der Waals surface area contributed by atoms with E-state index in [-0.39, 0.29) is 37.9 Å². The number of pyridine rings is 1. The summed E-state index contributed by atoms with van der Waals surface area (Å²) >= 11 is 18.4. The Bertz CT molecular complexity index is 619. The number of halogens is 3. The first-order valence-corrected chi connectivity index (χ1v) is 8.26. The molecule has 0 amide bonds. The van der Waals surface area contributed by atoms with Gasteiger partial charge < -0.3 is 10.6 Å². The second kappa shape index (κ2) is 6.05.